The van der Waals surface area contributed by atoms with E-state index in [1.807, 2.05) is 42.7 Å². The zero-order valence-corrected chi connectivity index (χ0v) is 12.3. The monoisotopic (exact) mass is 287 g/mol. The highest BCUT2D eigenvalue weighted by molar-refractivity contribution is 5.33. The summed E-state index contributed by atoms with van der Waals surface area (Å²) in [7, 11) is 0. The van der Waals surface area contributed by atoms with Crippen molar-refractivity contribution in [2.45, 2.75) is 19.4 Å². The van der Waals surface area contributed by atoms with Crippen molar-refractivity contribution in [1.82, 2.24) is 9.55 Å². The van der Waals surface area contributed by atoms with E-state index in [0.717, 1.165) is 30.8 Å². The maximum atomic E-state index is 8.98. The van der Waals surface area contributed by atoms with Gasteiger partial charge in [-0.2, -0.15) is 5.26 Å². The van der Waals surface area contributed by atoms with Crippen molar-refractivity contribution < 1.29 is 0 Å². The molecule has 0 radical (unpaired) electrons. The first-order valence-electron chi connectivity index (χ1n) is 7.38. The van der Waals surface area contributed by atoms with Crippen LogP contribution in [0.1, 0.15) is 22.5 Å². The van der Waals surface area contributed by atoms with Gasteiger partial charge in [0.05, 0.1) is 11.6 Å². The Bertz CT molecular complexity index is 782. The van der Waals surface area contributed by atoms with Crippen LogP contribution in [0, 0.1) is 11.3 Å². The average molecular weight is 287 g/mol. The molecule has 0 bridgehead atoms. The van der Waals surface area contributed by atoms with Gasteiger partial charge < -0.3 is 4.57 Å². The van der Waals surface area contributed by atoms with Gasteiger partial charge in [-0.05, 0) is 29.7 Å². The Morgan fingerprint density at radius 3 is 2.59 bits per heavy atom. The van der Waals surface area contributed by atoms with Crippen LogP contribution in [0.5, 0.6) is 0 Å². The summed E-state index contributed by atoms with van der Waals surface area (Å²) in [6, 6.07) is 20.4. The molecule has 108 valence electrons. The first kappa shape index (κ1) is 14.1. The van der Waals surface area contributed by atoms with Gasteiger partial charge in [-0.3, -0.25) is 0 Å². The van der Waals surface area contributed by atoms with Crippen LogP contribution in [-0.4, -0.2) is 9.55 Å². The van der Waals surface area contributed by atoms with E-state index in [-0.39, 0.29) is 0 Å². The summed E-state index contributed by atoms with van der Waals surface area (Å²) in [4.78, 5) is 4.47. The summed E-state index contributed by atoms with van der Waals surface area (Å²) in [5.41, 5.74) is 3.14. The van der Waals surface area contributed by atoms with Crippen molar-refractivity contribution in [3.8, 4) is 6.07 Å². The second-order valence-corrected chi connectivity index (χ2v) is 5.27. The number of rotatable bonds is 5. The largest absolute Gasteiger partial charge is 0.331 e. The number of hydrogen-bond donors (Lipinski definition) is 0. The molecule has 0 saturated carbocycles. The van der Waals surface area contributed by atoms with E-state index in [1.165, 1.54) is 5.56 Å². The fourth-order valence-electron chi connectivity index (χ4n) is 2.55. The summed E-state index contributed by atoms with van der Waals surface area (Å²) in [6.45, 7) is 0.750. The van der Waals surface area contributed by atoms with Crippen LogP contribution in [0.3, 0.4) is 0 Å². The minimum Gasteiger partial charge on any atom is -0.331 e. The Labute approximate surface area is 130 Å². The number of nitriles is 1. The molecule has 2 aromatic carbocycles. The van der Waals surface area contributed by atoms with Gasteiger partial charge >= 0.3 is 0 Å². The standard InChI is InChI=1S/C19H17N3/c20-14-17-7-4-8-18(13-17)15-22-12-11-21-19(22)10-9-16-5-2-1-3-6-16/h1-8,11-13H,9-10,15H2. The van der Waals surface area contributed by atoms with Crippen LogP contribution in [0.2, 0.25) is 0 Å². The van der Waals surface area contributed by atoms with Crippen molar-refractivity contribution in [2.75, 3.05) is 0 Å². The van der Waals surface area contributed by atoms with Gasteiger partial charge in [0.1, 0.15) is 5.82 Å². The van der Waals surface area contributed by atoms with E-state index in [1.54, 1.807) is 0 Å². The molecular weight excluding hydrogens is 270 g/mol. The number of aromatic nitrogens is 2. The van der Waals surface area contributed by atoms with Crippen LogP contribution in [0.15, 0.2) is 67.0 Å². The number of aryl methyl sites for hydroxylation is 2. The summed E-state index contributed by atoms with van der Waals surface area (Å²) >= 11 is 0. The Morgan fingerprint density at radius 1 is 0.955 bits per heavy atom. The zero-order chi connectivity index (χ0) is 15.2. The lowest BCUT2D eigenvalue weighted by molar-refractivity contribution is 0.712. The van der Waals surface area contributed by atoms with Crippen LogP contribution < -0.4 is 0 Å². The van der Waals surface area contributed by atoms with E-state index in [0.29, 0.717) is 5.56 Å². The van der Waals surface area contributed by atoms with Crippen molar-refractivity contribution in [1.29, 1.82) is 5.26 Å². The van der Waals surface area contributed by atoms with Gasteiger partial charge in [-0.15, -0.1) is 0 Å². The lowest BCUT2D eigenvalue weighted by atomic mass is 10.1. The Hall–Kier alpha value is -2.86. The third-order valence-electron chi connectivity index (χ3n) is 3.69. The van der Waals surface area contributed by atoms with Crippen LogP contribution in [0.4, 0.5) is 0 Å². The average Bonchev–Trinajstić information content (AvgIpc) is 3.01. The zero-order valence-electron chi connectivity index (χ0n) is 12.3. The molecule has 0 aliphatic heterocycles. The van der Waals surface area contributed by atoms with Crippen LogP contribution in [-0.2, 0) is 19.4 Å². The van der Waals surface area contributed by atoms with Gasteiger partial charge in [0, 0.05) is 25.4 Å². The normalized spacial score (nSPS) is 10.3. The minimum absolute atomic E-state index is 0.698. The van der Waals surface area contributed by atoms with E-state index < -0.39 is 0 Å². The molecule has 22 heavy (non-hydrogen) atoms. The fourth-order valence-corrected chi connectivity index (χ4v) is 2.55. The second-order valence-electron chi connectivity index (χ2n) is 5.27. The van der Waals surface area contributed by atoms with E-state index in [2.05, 4.69) is 39.9 Å². The molecule has 0 spiro atoms. The molecule has 1 aromatic heterocycles. The smallest absolute Gasteiger partial charge is 0.109 e. The predicted octanol–water partition coefficient (Wildman–Crippen LogP) is 3.59. The van der Waals surface area contributed by atoms with Crippen molar-refractivity contribution >= 4 is 0 Å². The molecule has 0 aliphatic carbocycles. The lowest BCUT2D eigenvalue weighted by Crippen LogP contribution is -2.06. The van der Waals surface area contributed by atoms with Gasteiger partial charge in [-0.1, -0.05) is 42.5 Å². The van der Waals surface area contributed by atoms with Crippen molar-refractivity contribution in [3.05, 3.63) is 89.5 Å². The Kier molecular flexibility index (Phi) is 4.31. The SMILES string of the molecule is N#Cc1cccc(Cn2ccnc2CCc2ccccc2)c1. The lowest BCUT2D eigenvalue weighted by Gasteiger charge is -2.08. The predicted molar refractivity (Wildman–Crippen MR) is 86.3 cm³/mol. The fraction of sp³-hybridized carbons (Fsp3) is 0.158. The number of imidazole rings is 1. The van der Waals surface area contributed by atoms with Gasteiger partial charge in [-0.25, -0.2) is 4.98 Å². The molecule has 0 N–H and O–H groups in total. The highest BCUT2D eigenvalue weighted by Gasteiger charge is 2.05. The van der Waals surface area contributed by atoms with Crippen molar-refractivity contribution in [3.63, 3.8) is 0 Å². The van der Waals surface area contributed by atoms with E-state index in [9.17, 15) is 0 Å². The van der Waals surface area contributed by atoms with Crippen LogP contribution in [0.25, 0.3) is 0 Å². The third kappa shape index (κ3) is 3.42. The summed E-state index contributed by atoms with van der Waals surface area (Å²) in [5, 5.41) is 8.98. The van der Waals surface area contributed by atoms with Gasteiger partial charge in [0.2, 0.25) is 0 Å². The number of nitrogens with zero attached hydrogens (tertiary/aromatic N) is 3. The maximum absolute atomic E-state index is 8.98. The van der Waals surface area contributed by atoms with E-state index >= 15 is 0 Å². The quantitative estimate of drug-likeness (QED) is 0.719. The molecule has 3 heteroatoms. The summed E-state index contributed by atoms with van der Waals surface area (Å²) < 4.78 is 2.15. The molecule has 0 unspecified atom stereocenters. The van der Waals surface area contributed by atoms with Crippen LogP contribution >= 0.6 is 0 Å². The maximum Gasteiger partial charge on any atom is 0.109 e. The molecule has 3 nitrogen and oxygen atoms in total. The minimum atomic E-state index is 0.698. The molecular formula is C19H17N3. The molecule has 0 fully saturated rings. The summed E-state index contributed by atoms with van der Waals surface area (Å²) in [5.74, 6) is 1.08. The second kappa shape index (κ2) is 6.73. The highest BCUT2D eigenvalue weighted by atomic mass is 15.1. The highest BCUT2D eigenvalue weighted by Crippen LogP contribution is 2.10. The Morgan fingerprint density at radius 2 is 1.77 bits per heavy atom. The van der Waals surface area contributed by atoms with Gasteiger partial charge in [0.25, 0.3) is 0 Å². The van der Waals surface area contributed by atoms with Gasteiger partial charge in [0.15, 0.2) is 0 Å². The molecule has 3 aromatic rings. The van der Waals surface area contributed by atoms with Crippen molar-refractivity contribution in [2.24, 2.45) is 0 Å². The third-order valence-corrected chi connectivity index (χ3v) is 3.69. The molecule has 0 atom stereocenters. The topological polar surface area (TPSA) is 41.6 Å². The first-order chi connectivity index (χ1) is 10.8. The molecule has 0 aliphatic rings. The first-order valence-corrected chi connectivity index (χ1v) is 7.38. The molecule has 3 rings (SSSR count). The number of hydrogen-bond acceptors (Lipinski definition) is 2. The Balaban J connectivity index is 1.71. The van der Waals surface area contributed by atoms with E-state index in [4.69, 9.17) is 5.26 Å². The molecule has 1 heterocycles. The number of benzene rings is 2. The molecule has 0 saturated heterocycles. The summed E-state index contributed by atoms with van der Waals surface area (Å²) in [6.07, 6.45) is 5.74. The molecule has 0 amide bonds.